The largest absolute Gasteiger partial charge is 0.278 e. The molecule has 3 heteroatoms. The number of alkyl halides is 1. The number of aromatic nitrogens is 2. The van der Waals surface area contributed by atoms with Gasteiger partial charge in [0.2, 0.25) is 0 Å². The summed E-state index contributed by atoms with van der Waals surface area (Å²) in [6.07, 6.45) is 1.74. The normalized spacial score (nSPS) is 10.2. The first-order chi connectivity index (χ1) is 6.40. The SMILES string of the molecule is ClCc1cccc(-c2ccn[nH]2)c1. The van der Waals surface area contributed by atoms with Gasteiger partial charge in [0.15, 0.2) is 0 Å². The molecule has 0 fully saturated rings. The number of rotatable bonds is 2. The Labute approximate surface area is 81.6 Å². The van der Waals surface area contributed by atoms with E-state index in [2.05, 4.69) is 16.3 Å². The van der Waals surface area contributed by atoms with E-state index in [1.807, 2.05) is 24.3 Å². The number of hydrogen-bond donors (Lipinski definition) is 1. The van der Waals surface area contributed by atoms with Crippen LogP contribution in [-0.2, 0) is 5.88 Å². The first-order valence-corrected chi connectivity index (χ1v) is 4.58. The lowest BCUT2D eigenvalue weighted by Gasteiger charge is -1.99. The molecule has 2 nitrogen and oxygen atoms in total. The summed E-state index contributed by atoms with van der Waals surface area (Å²) in [5.74, 6) is 0.544. The first-order valence-electron chi connectivity index (χ1n) is 4.05. The van der Waals surface area contributed by atoms with Gasteiger partial charge in [0.1, 0.15) is 0 Å². The van der Waals surface area contributed by atoms with Gasteiger partial charge in [-0.1, -0.05) is 18.2 Å². The Morgan fingerprint density at radius 1 is 1.31 bits per heavy atom. The molecule has 0 aliphatic rings. The smallest absolute Gasteiger partial charge is 0.0650 e. The van der Waals surface area contributed by atoms with Crippen LogP contribution in [0.1, 0.15) is 5.56 Å². The number of H-pyrrole nitrogens is 1. The molecule has 1 N–H and O–H groups in total. The molecule has 0 bridgehead atoms. The van der Waals surface area contributed by atoms with Crippen molar-refractivity contribution < 1.29 is 0 Å². The molecule has 0 aliphatic carbocycles. The zero-order valence-corrected chi connectivity index (χ0v) is 7.75. The van der Waals surface area contributed by atoms with Gasteiger partial charge in [0.05, 0.1) is 5.69 Å². The Balaban J connectivity index is 2.41. The predicted octanol–water partition coefficient (Wildman–Crippen LogP) is 2.82. The topological polar surface area (TPSA) is 28.7 Å². The lowest BCUT2D eigenvalue weighted by atomic mass is 10.1. The van der Waals surface area contributed by atoms with Crippen LogP contribution in [0, 0.1) is 0 Å². The van der Waals surface area contributed by atoms with Crippen molar-refractivity contribution in [2.24, 2.45) is 0 Å². The van der Waals surface area contributed by atoms with Crippen LogP contribution in [0.3, 0.4) is 0 Å². The molecule has 1 heterocycles. The maximum Gasteiger partial charge on any atom is 0.0650 e. The summed E-state index contributed by atoms with van der Waals surface area (Å²) in [5.41, 5.74) is 3.26. The Hall–Kier alpha value is -1.28. The van der Waals surface area contributed by atoms with Crippen LogP contribution < -0.4 is 0 Å². The van der Waals surface area contributed by atoms with Crippen molar-refractivity contribution in [2.45, 2.75) is 5.88 Å². The van der Waals surface area contributed by atoms with E-state index in [0.717, 1.165) is 16.8 Å². The summed E-state index contributed by atoms with van der Waals surface area (Å²) in [6.45, 7) is 0. The Morgan fingerprint density at radius 2 is 2.23 bits per heavy atom. The van der Waals surface area contributed by atoms with Crippen LogP contribution in [0.25, 0.3) is 11.3 Å². The summed E-state index contributed by atoms with van der Waals surface area (Å²) in [5, 5.41) is 6.81. The monoisotopic (exact) mass is 192 g/mol. The second kappa shape index (κ2) is 3.62. The number of aromatic amines is 1. The molecule has 0 saturated heterocycles. The number of nitrogens with zero attached hydrogens (tertiary/aromatic N) is 1. The highest BCUT2D eigenvalue weighted by atomic mass is 35.5. The first kappa shape index (κ1) is 8.32. The van der Waals surface area contributed by atoms with Crippen molar-refractivity contribution in [1.82, 2.24) is 10.2 Å². The molecule has 0 atom stereocenters. The number of halogens is 1. The third-order valence-corrected chi connectivity index (χ3v) is 2.20. The second-order valence-corrected chi connectivity index (χ2v) is 3.07. The van der Waals surface area contributed by atoms with Crippen LogP contribution in [-0.4, -0.2) is 10.2 Å². The summed E-state index contributed by atoms with van der Waals surface area (Å²) >= 11 is 5.73. The molecule has 2 aromatic rings. The van der Waals surface area contributed by atoms with Gasteiger partial charge in [0.25, 0.3) is 0 Å². The molecule has 0 aliphatic heterocycles. The zero-order chi connectivity index (χ0) is 9.10. The quantitative estimate of drug-likeness (QED) is 0.729. The van der Waals surface area contributed by atoms with Gasteiger partial charge in [-0.25, -0.2) is 0 Å². The molecule has 0 saturated carbocycles. The molecule has 2 rings (SSSR count). The maximum atomic E-state index is 5.73. The van der Waals surface area contributed by atoms with Crippen molar-refractivity contribution in [3.8, 4) is 11.3 Å². The third kappa shape index (κ3) is 1.73. The lowest BCUT2D eigenvalue weighted by molar-refractivity contribution is 1.09. The van der Waals surface area contributed by atoms with E-state index in [-0.39, 0.29) is 0 Å². The van der Waals surface area contributed by atoms with Gasteiger partial charge in [-0.2, -0.15) is 5.10 Å². The van der Waals surface area contributed by atoms with Crippen LogP contribution in [0.5, 0.6) is 0 Å². The van der Waals surface area contributed by atoms with Crippen molar-refractivity contribution >= 4 is 11.6 Å². The van der Waals surface area contributed by atoms with Gasteiger partial charge in [-0.3, -0.25) is 5.10 Å². The Kier molecular flexibility index (Phi) is 2.32. The van der Waals surface area contributed by atoms with E-state index in [9.17, 15) is 0 Å². The van der Waals surface area contributed by atoms with Crippen LogP contribution >= 0.6 is 11.6 Å². The van der Waals surface area contributed by atoms with Crippen LogP contribution in [0.4, 0.5) is 0 Å². The van der Waals surface area contributed by atoms with Crippen molar-refractivity contribution in [3.63, 3.8) is 0 Å². The fraction of sp³-hybridized carbons (Fsp3) is 0.100. The fourth-order valence-corrected chi connectivity index (χ4v) is 1.40. The molecule has 1 aromatic heterocycles. The number of benzene rings is 1. The van der Waals surface area contributed by atoms with E-state index in [4.69, 9.17) is 11.6 Å². The third-order valence-electron chi connectivity index (χ3n) is 1.89. The van der Waals surface area contributed by atoms with Crippen molar-refractivity contribution in [3.05, 3.63) is 42.1 Å². The molecular formula is C10H9ClN2. The van der Waals surface area contributed by atoms with E-state index in [0.29, 0.717) is 5.88 Å². The van der Waals surface area contributed by atoms with E-state index >= 15 is 0 Å². The molecule has 13 heavy (non-hydrogen) atoms. The average Bonchev–Trinajstić information content (AvgIpc) is 2.71. The lowest BCUT2D eigenvalue weighted by Crippen LogP contribution is -1.81. The van der Waals surface area contributed by atoms with Gasteiger partial charge >= 0.3 is 0 Å². The highest BCUT2D eigenvalue weighted by molar-refractivity contribution is 6.17. The van der Waals surface area contributed by atoms with Crippen molar-refractivity contribution in [1.29, 1.82) is 0 Å². The Morgan fingerprint density at radius 3 is 2.92 bits per heavy atom. The van der Waals surface area contributed by atoms with Gasteiger partial charge < -0.3 is 0 Å². The fourth-order valence-electron chi connectivity index (χ4n) is 1.24. The summed E-state index contributed by atoms with van der Waals surface area (Å²) in [7, 11) is 0. The Bertz CT molecular complexity index is 382. The number of nitrogens with one attached hydrogen (secondary N) is 1. The number of hydrogen-bond acceptors (Lipinski definition) is 1. The minimum atomic E-state index is 0.544. The van der Waals surface area contributed by atoms with Crippen LogP contribution in [0.2, 0.25) is 0 Å². The maximum absolute atomic E-state index is 5.73. The second-order valence-electron chi connectivity index (χ2n) is 2.80. The predicted molar refractivity (Wildman–Crippen MR) is 53.6 cm³/mol. The summed E-state index contributed by atoms with van der Waals surface area (Å²) in [4.78, 5) is 0. The molecule has 66 valence electrons. The van der Waals surface area contributed by atoms with Gasteiger partial charge in [-0.15, -0.1) is 11.6 Å². The molecule has 0 unspecified atom stereocenters. The standard InChI is InChI=1S/C10H9ClN2/c11-7-8-2-1-3-9(6-8)10-4-5-12-13-10/h1-6H,7H2,(H,12,13). The van der Waals surface area contributed by atoms with E-state index < -0.39 is 0 Å². The van der Waals surface area contributed by atoms with Gasteiger partial charge in [-0.05, 0) is 23.3 Å². The zero-order valence-electron chi connectivity index (χ0n) is 7.00. The average molecular weight is 193 g/mol. The van der Waals surface area contributed by atoms with Crippen molar-refractivity contribution in [2.75, 3.05) is 0 Å². The molecule has 0 spiro atoms. The minimum Gasteiger partial charge on any atom is -0.278 e. The van der Waals surface area contributed by atoms with E-state index in [1.54, 1.807) is 6.20 Å². The molecule has 0 amide bonds. The minimum absolute atomic E-state index is 0.544. The van der Waals surface area contributed by atoms with Gasteiger partial charge in [0, 0.05) is 12.1 Å². The molecule has 0 radical (unpaired) electrons. The van der Waals surface area contributed by atoms with Crippen LogP contribution in [0.15, 0.2) is 36.5 Å². The highest BCUT2D eigenvalue weighted by Crippen LogP contribution is 2.18. The molecule has 1 aromatic carbocycles. The highest BCUT2D eigenvalue weighted by Gasteiger charge is 1.98. The van der Waals surface area contributed by atoms with E-state index in [1.165, 1.54) is 0 Å². The molecular weight excluding hydrogens is 184 g/mol. The summed E-state index contributed by atoms with van der Waals surface area (Å²) in [6, 6.07) is 10.0. The summed E-state index contributed by atoms with van der Waals surface area (Å²) < 4.78 is 0.